The van der Waals surface area contributed by atoms with Crippen LogP contribution in [0.25, 0.3) is 0 Å². The van der Waals surface area contributed by atoms with Gasteiger partial charge in [0.2, 0.25) is 5.91 Å². The van der Waals surface area contributed by atoms with Gasteiger partial charge in [-0.25, -0.2) is 4.98 Å². The number of aryl methyl sites for hydroxylation is 2. The maximum atomic E-state index is 12.6. The van der Waals surface area contributed by atoms with Crippen molar-refractivity contribution in [3.05, 3.63) is 50.4 Å². The second-order valence-electron chi connectivity index (χ2n) is 6.51. The quantitative estimate of drug-likeness (QED) is 0.627. The summed E-state index contributed by atoms with van der Waals surface area (Å²) < 4.78 is 0. The fraction of sp³-hybridized carbons (Fsp3) is 0.421. The van der Waals surface area contributed by atoms with Crippen LogP contribution < -0.4 is 5.32 Å². The molecule has 0 bridgehead atoms. The molecule has 2 aromatic rings. The van der Waals surface area contributed by atoms with Crippen LogP contribution in [0.2, 0.25) is 5.02 Å². The Bertz CT molecular complexity index is 833. The molecular weight excluding hydrogens is 382 g/mol. The van der Waals surface area contributed by atoms with E-state index < -0.39 is 0 Å². The van der Waals surface area contributed by atoms with Crippen LogP contribution in [0.1, 0.15) is 21.1 Å². The van der Waals surface area contributed by atoms with Gasteiger partial charge < -0.3 is 15.1 Å². The molecular formula is C19H24ClN5OS. The number of halogens is 1. The Hall–Kier alpha value is -2.12. The highest BCUT2D eigenvalue weighted by Gasteiger charge is 2.26. The summed E-state index contributed by atoms with van der Waals surface area (Å²) in [6, 6.07) is 7.63. The van der Waals surface area contributed by atoms with Crippen molar-refractivity contribution in [3.8, 4) is 0 Å². The Labute approximate surface area is 168 Å². The highest BCUT2D eigenvalue weighted by Crippen LogP contribution is 2.17. The Morgan fingerprint density at radius 1 is 1.30 bits per heavy atom. The number of aromatic nitrogens is 1. The van der Waals surface area contributed by atoms with Crippen LogP contribution in [0.4, 0.5) is 0 Å². The van der Waals surface area contributed by atoms with Gasteiger partial charge in [-0.05, 0) is 31.5 Å². The van der Waals surface area contributed by atoms with Crippen molar-refractivity contribution in [1.29, 1.82) is 0 Å². The number of piperazine rings is 1. The second-order valence-corrected chi connectivity index (χ2v) is 8.23. The Morgan fingerprint density at radius 3 is 2.63 bits per heavy atom. The molecule has 1 saturated heterocycles. The molecule has 1 aromatic carbocycles. The molecule has 0 atom stereocenters. The molecule has 0 saturated carbocycles. The predicted molar refractivity (Wildman–Crippen MR) is 110 cm³/mol. The van der Waals surface area contributed by atoms with E-state index in [1.807, 2.05) is 47.9 Å². The summed E-state index contributed by atoms with van der Waals surface area (Å²) in [6.07, 6.45) is 0. The van der Waals surface area contributed by atoms with E-state index in [0.29, 0.717) is 31.2 Å². The summed E-state index contributed by atoms with van der Waals surface area (Å²) in [5, 5.41) is 5.13. The van der Waals surface area contributed by atoms with E-state index in [9.17, 15) is 4.79 Å². The molecule has 1 aliphatic rings. The third-order valence-electron chi connectivity index (χ3n) is 4.52. The molecule has 1 fully saturated rings. The SMILES string of the molecule is CN=C(NCc1sc(C)nc1C)N1CCN(Cc2ccc(Cl)cc2)C(=O)C1. The van der Waals surface area contributed by atoms with Gasteiger partial charge in [0.15, 0.2) is 5.96 Å². The summed E-state index contributed by atoms with van der Waals surface area (Å²) in [5.74, 6) is 0.851. The van der Waals surface area contributed by atoms with Crippen LogP contribution in [0.15, 0.2) is 29.3 Å². The van der Waals surface area contributed by atoms with Crippen LogP contribution in [0, 0.1) is 13.8 Å². The maximum absolute atomic E-state index is 12.6. The lowest BCUT2D eigenvalue weighted by Crippen LogP contribution is -2.54. The number of carbonyl (C=O) groups excluding carboxylic acids is 1. The largest absolute Gasteiger partial charge is 0.351 e. The molecule has 1 amide bonds. The van der Waals surface area contributed by atoms with Crippen molar-refractivity contribution in [3.63, 3.8) is 0 Å². The van der Waals surface area contributed by atoms with Gasteiger partial charge in [0.25, 0.3) is 0 Å². The van der Waals surface area contributed by atoms with E-state index in [4.69, 9.17) is 11.6 Å². The fourth-order valence-electron chi connectivity index (χ4n) is 3.10. The number of guanidine groups is 1. The minimum atomic E-state index is 0.101. The number of hydrogen-bond donors (Lipinski definition) is 1. The lowest BCUT2D eigenvalue weighted by Gasteiger charge is -2.36. The number of thiazole rings is 1. The monoisotopic (exact) mass is 405 g/mol. The van der Waals surface area contributed by atoms with Crippen molar-refractivity contribution in [2.45, 2.75) is 26.9 Å². The number of nitrogens with one attached hydrogen (secondary N) is 1. The van der Waals surface area contributed by atoms with Crippen molar-refractivity contribution in [1.82, 2.24) is 20.1 Å². The molecule has 0 radical (unpaired) electrons. The van der Waals surface area contributed by atoms with Crippen LogP contribution in [-0.4, -0.2) is 53.3 Å². The first-order chi connectivity index (χ1) is 13.0. The molecule has 8 heteroatoms. The summed E-state index contributed by atoms with van der Waals surface area (Å²) in [5.41, 5.74) is 2.13. The first kappa shape index (κ1) is 19.6. The van der Waals surface area contributed by atoms with Gasteiger partial charge in [0.05, 0.1) is 23.8 Å². The van der Waals surface area contributed by atoms with Crippen LogP contribution in [0.3, 0.4) is 0 Å². The molecule has 1 aromatic heterocycles. The van der Waals surface area contributed by atoms with Crippen molar-refractivity contribution in [2.24, 2.45) is 4.99 Å². The van der Waals surface area contributed by atoms with Gasteiger partial charge in [-0.15, -0.1) is 11.3 Å². The Morgan fingerprint density at radius 2 is 2.04 bits per heavy atom. The first-order valence-electron chi connectivity index (χ1n) is 8.87. The van der Waals surface area contributed by atoms with Gasteiger partial charge in [0, 0.05) is 36.6 Å². The van der Waals surface area contributed by atoms with E-state index in [2.05, 4.69) is 15.3 Å². The van der Waals surface area contributed by atoms with Gasteiger partial charge in [-0.1, -0.05) is 23.7 Å². The minimum Gasteiger partial charge on any atom is -0.351 e. The summed E-state index contributed by atoms with van der Waals surface area (Å²) in [7, 11) is 1.75. The van der Waals surface area contributed by atoms with Gasteiger partial charge >= 0.3 is 0 Å². The third kappa shape index (κ3) is 4.99. The molecule has 0 spiro atoms. The average Bonchev–Trinajstić information content (AvgIpc) is 2.97. The maximum Gasteiger partial charge on any atom is 0.242 e. The summed E-state index contributed by atoms with van der Waals surface area (Å²) >= 11 is 7.61. The number of hydrogen-bond acceptors (Lipinski definition) is 4. The highest BCUT2D eigenvalue weighted by molar-refractivity contribution is 7.11. The van der Waals surface area contributed by atoms with E-state index in [0.717, 1.165) is 28.8 Å². The van der Waals surface area contributed by atoms with Crippen molar-refractivity contribution < 1.29 is 4.79 Å². The van der Waals surface area contributed by atoms with Gasteiger partial charge in [-0.3, -0.25) is 9.79 Å². The smallest absolute Gasteiger partial charge is 0.242 e. The fourth-order valence-corrected chi connectivity index (χ4v) is 4.10. The third-order valence-corrected chi connectivity index (χ3v) is 5.85. The number of amides is 1. The van der Waals surface area contributed by atoms with E-state index in [1.165, 1.54) is 4.88 Å². The van der Waals surface area contributed by atoms with Crippen LogP contribution in [-0.2, 0) is 17.9 Å². The number of benzene rings is 1. The first-order valence-corrected chi connectivity index (χ1v) is 10.1. The molecule has 27 heavy (non-hydrogen) atoms. The standard InChI is InChI=1S/C19H24ClN5OS/c1-13-17(27-14(2)23-13)10-22-19(21-3)25-9-8-24(18(26)12-25)11-15-4-6-16(20)7-5-15/h4-7H,8-12H2,1-3H3,(H,21,22). The van der Waals surface area contributed by atoms with Crippen LogP contribution in [0.5, 0.6) is 0 Å². The van der Waals surface area contributed by atoms with E-state index in [1.54, 1.807) is 18.4 Å². The lowest BCUT2D eigenvalue weighted by molar-refractivity contribution is -0.135. The Kier molecular flexibility index (Phi) is 6.34. The molecule has 2 heterocycles. The lowest BCUT2D eigenvalue weighted by atomic mass is 10.2. The number of nitrogens with zero attached hydrogens (tertiary/aromatic N) is 4. The van der Waals surface area contributed by atoms with E-state index >= 15 is 0 Å². The summed E-state index contributed by atoms with van der Waals surface area (Å²) in [6.45, 7) is 7.05. The Balaban J connectivity index is 1.56. The molecule has 144 valence electrons. The van der Waals surface area contributed by atoms with Gasteiger partial charge in [0.1, 0.15) is 0 Å². The van der Waals surface area contributed by atoms with Crippen molar-refractivity contribution >= 4 is 34.8 Å². The predicted octanol–water partition coefficient (Wildman–Crippen LogP) is 2.83. The second kappa shape index (κ2) is 8.71. The minimum absolute atomic E-state index is 0.101. The zero-order chi connectivity index (χ0) is 19.4. The molecule has 0 aliphatic carbocycles. The molecule has 1 aliphatic heterocycles. The zero-order valence-electron chi connectivity index (χ0n) is 15.8. The van der Waals surface area contributed by atoms with Crippen LogP contribution >= 0.6 is 22.9 Å². The zero-order valence-corrected chi connectivity index (χ0v) is 17.4. The number of rotatable bonds is 4. The summed E-state index contributed by atoms with van der Waals surface area (Å²) in [4.78, 5) is 26.5. The highest BCUT2D eigenvalue weighted by atomic mass is 35.5. The average molecular weight is 406 g/mol. The number of aliphatic imine (C=N–C) groups is 1. The number of carbonyl (C=O) groups is 1. The molecule has 3 rings (SSSR count). The molecule has 0 unspecified atom stereocenters. The van der Waals surface area contributed by atoms with E-state index in [-0.39, 0.29) is 5.91 Å². The molecule has 6 nitrogen and oxygen atoms in total. The van der Waals surface area contributed by atoms with Crippen molar-refractivity contribution in [2.75, 3.05) is 26.7 Å². The molecule has 1 N–H and O–H groups in total. The van der Waals surface area contributed by atoms with Gasteiger partial charge in [-0.2, -0.15) is 0 Å². The topological polar surface area (TPSA) is 60.8 Å². The normalized spacial score (nSPS) is 15.4.